The van der Waals surface area contributed by atoms with E-state index >= 15 is 0 Å². The van der Waals surface area contributed by atoms with Gasteiger partial charge in [-0.1, -0.05) is 59.0 Å². The quantitative estimate of drug-likeness (QED) is 0.219. The fourth-order valence-electron chi connectivity index (χ4n) is 4.01. The number of hydrogen-bond acceptors (Lipinski definition) is 5. The number of nitrogens with zero attached hydrogens (tertiary/aromatic N) is 2. The van der Waals surface area contributed by atoms with Crippen molar-refractivity contribution < 1.29 is 22.7 Å². The molecular weight excluding hydrogens is 665 g/mol. The van der Waals surface area contributed by atoms with Crippen molar-refractivity contribution in [3.63, 3.8) is 0 Å². The van der Waals surface area contributed by atoms with Crippen molar-refractivity contribution in [2.24, 2.45) is 5.92 Å². The van der Waals surface area contributed by atoms with Gasteiger partial charge in [0.05, 0.1) is 27.2 Å². The normalized spacial score (nSPS) is 12.1. The summed E-state index contributed by atoms with van der Waals surface area (Å²) in [6.07, 6.45) is 0. The Balaban J connectivity index is 2.03. The van der Waals surface area contributed by atoms with Crippen molar-refractivity contribution in [1.82, 2.24) is 10.2 Å². The highest BCUT2D eigenvalue weighted by Crippen LogP contribution is 2.28. The predicted molar refractivity (Wildman–Crippen MR) is 171 cm³/mol. The first-order valence-electron chi connectivity index (χ1n) is 13.4. The van der Waals surface area contributed by atoms with E-state index in [1.807, 2.05) is 20.8 Å². The number of rotatable bonds is 13. The molecule has 8 nitrogen and oxygen atoms in total. The number of carbonyl (C=O) groups excluding carboxylic acids is 2. The monoisotopic (exact) mass is 697 g/mol. The van der Waals surface area contributed by atoms with Crippen molar-refractivity contribution in [3.05, 3.63) is 86.8 Å². The van der Waals surface area contributed by atoms with Gasteiger partial charge in [-0.05, 0) is 86.0 Å². The van der Waals surface area contributed by atoms with Gasteiger partial charge < -0.3 is 15.0 Å². The molecule has 0 aliphatic rings. The molecule has 0 aliphatic carbocycles. The maximum absolute atomic E-state index is 14.0. The number of ether oxygens (including phenoxy) is 1. The van der Waals surface area contributed by atoms with Crippen LogP contribution >= 0.6 is 39.1 Å². The molecule has 0 bridgehead atoms. The fraction of sp³-hybridized carbons (Fsp3) is 0.333. The van der Waals surface area contributed by atoms with Crippen LogP contribution in [-0.4, -0.2) is 50.9 Å². The molecule has 3 aromatic rings. The van der Waals surface area contributed by atoms with E-state index in [1.165, 1.54) is 17.0 Å². The lowest BCUT2D eigenvalue weighted by atomic mass is 10.1. The lowest BCUT2D eigenvalue weighted by molar-refractivity contribution is -0.139. The molecule has 0 radical (unpaired) electrons. The third kappa shape index (κ3) is 8.86. The van der Waals surface area contributed by atoms with Crippen molar-refractivity contribution in [1.29, 1.82) is 0 Å². The van der Waals surface area contributed by atoms with Gasteiger partial charge in [-0.3, -0.25) is 13.9 Å². The number of carbonyl (C=O) groups is 2. The summed E-state index contributed by atoms with van der Waals surface area (Å²) in [5.41, 5.74) is 0.894. The molecule has 1 N–H and O–H groups in total. The molecule has 0 aliphatic heterocycles. The highest BCUT2D eigenvalue weighted by Gasteiger charge is 2.32. The Morgan fingerprint density at radius 3 is 2.17 bits per heavy atom. The van der Waals surface area contributed by atoms with E-state index in [4.69, 9.17) is 27.9 Å². The molecule has 0 heterocycles. The standard InChI is InChI=1S/C30H34BrCl2N3O5S/c1-5-41-25-11-9-24(10-12-25)36(42(39,40)26-13-7-23(31)8-14-26)19-29(37)35(21(4)30(38)34-17-20(2)3)18-22-6-15-27(32)28(33)16-22/h6-16,20-21H,5,17-19H2,1-4H3,(H,34,38)/t21-/m1/s1. The molecular formula is C30H34BrCl2N3O5S. The highest BCUT2D eigenvalue weighted by molar-refractivity contribution is 9.10. The van der Waals surface area contributed by atoms with E-state index in [1.54, 1.807) is 61.5 Å². The average Bonchev–Trinajstić information content (AvgIpc) is 2.95. The summed E-state index contributed by atoms with van der Waals surface area (Å²) in [7, 11) is -4.19. The van der Waals surface area contributed by atoms with Crippen LogP contribution in [0.4, 0.5) is 5.69 Å². The molecule has 3 aromatic carbocycles. The molecule has 3 rings (SSSR count). The van der Waals surface area contributed by atoms with E-state index in [9.17, 15) is 18.0 Å². The molecule has 12 heteroatoms. The molecule has 2 amide bonds. The Morgan fingerprint density at radius 1 is 0.952 bits per heavy atom. The summed E-state index contributed by atoms with van der Waals surface area (Å²) < 4.78 is 35.1. The molecule has 0 saturated carbocycles. The van der Waals surface area contributed by atoms with E-state index in [2.05, 4.69) is 21.2 Å². The molecule has 0 fully saturated rings. The summed E-state index contributed by atoms with van der Waals surface area (Å²) in [5, 5.41) is 3.51. The van der Waals surface area contributed by atoms with Gasteiger partial charge in [0.15, 0.2) is 0 Å². The molecule has 1 atom stereocenters. The van der Waals surface area contributed by atoms with Gasteiger partial charge in [-0.2, -0.15) is 0 Å². The summed E-state index contributed by atoms with van der Waals surface area (Å²) in [5.74, 6) is -0.180. The molecule has 0 aromatic heterocycles. The van der Waals surface area contributed by atoms with Gasteiger partial charge in [0.2, 0.25) is 11.8 Å². The zero-order chi connectivity index (χ0) is 31.0. The van der Waals surface area contributed by atoms with Crippen LogP contribution in [0.3, 0.4) is 0 Å². The van der Waals surface area contributed by atoms with Gasteiger partial charge in [-0.25, -0.2) is 8.42 Å². The van der Waals surface area contributed by atoms with Crippen molar-refractivity contribution >= 4 is 66.7 Å². The topological polar surface area (TPSA) is 96.0 Å². The first-order valence-corrected chi connectivity index (χ1v) is 16.3. The zero-order valence-electron chi connectivity index (χ0n) is 23.8. The number of amides is 2. The third-order valence-electron chi connectivity index (χ3n) is 6.30. The van der Waals surface area contributed by atoms with Gasteiger partial charge in [-0.15, -0.1) is 0 Å². The lowest BCUT2D eigenvalue weighted by Gasteiger charge is -2.32. The van der Waals surface area contributed by atoms with Crippen LogP contribution in [-0.2, 0) is 26.2 Å². The molecule has 0 saturated heterocycles. The maximum atomic E-state index is 14.0. The van der Waals surface area contributed by atoms with Crippen LogP contribution in [0.15, 0.2) is 76.1 Å². The van der Waals surface area contributed by atoms with E-state index in [0.29, 0.717) is 39.0 Å². The second-order valence-corrected chi connectivity index (χ2v) is 13.6. The van der Waals surface area contributed by atoms with Gasteiger partial charge in [0, 0.05) is 17.6 Å². The second kappa shape index (κ2) is 15.1. The second-order valence-electron chi connectivity index (χ2n) is 9.98. The smallest absolute Gasteiger partial charge is 0.264 e. The van der Waals surface area contributed by atoms with Crippen molar-refractivity contribution in [2.45, 2.75) is 45.2 Å². The highest BCUT2D eigenvalue weighted by atomic mass is 79.9. The minimum Gasteiger partial charge on any atom is -0.494 e. The van der Waals surface area contributed by atoms with Gasteiger partial charge in [0.25, 0.3) is 10.0 Å². The van der Waals surface area contributed by atoms with Gasteiger partial charge in [0.1, 0.15) is 18.3 Å². The van der Waals surface area contributed by atoms with E-state index < -0.39 is 28.5 Å². The lowest BCUT2D eigenvalue weighted by Crippen LogP contribution is -2.51. The van der Waals surface area contributed by atoms with Crippen LogP contribution in [0, 0.1) is 5.92 Å². The first-order chi connectivity index (χ1) is 19.8. The molecule has 226 valence electrons. The zero-order valence-corrected chi connectivity index (χ0v) is 27.7. The van der Waals surface area contributed by atoms with Crippen LogP contribution in [0.25, 0.3) is 0 Å². The number of anilines is 1. The Kier molecular flexibility index (Phi) is 12.1. The Morgan fingerprint density at radius 2 is 1.60 bits per heavy atom. The third-order valence-corrected chi connectivity index (χ3v) is 9.36. The number of halogens is 3. The summed E-state index contributed by atoms with van der Waals surface area (Å²) in [6, 6.07) is 16.6. The summed E-state index contributed by atoms with van der Waals surface area (Å²) >= 11 is 15.6. The van der Waals surface area contributed by atoms with Gasteiger partial charge >= 0.3 is 0 Å². The van der Waals surface area contributed by atoms with Crippen LogP contribution < -0.4 is 14.4 Å². The molecule has 0 spiro atoms. The van der Waals surface area contributed by atoms with Crippen LogP contribution in [0.2, 0.25) is 10.0 Å². The Hall–Kier alpha value is -2.79. The van der Waals surface area contributed by atoms with Crippen molar-refractivity contribution in [3.8, 4) is 5.75 Å². The van der Waals surface area contributed by atoms with Crippen molar-refractivity contribution in [2.75, 3.05) is 24.0 Å². The Labute approximate surface area is 266 Å². The van der Waals surface area contributed by atoms with E-state index in [0.717, 1.165) is 4.31 Å². The largest absolute Gasteiger partial charge is 0.494 e. The summed E-state index contributed by atoms with van der Waals surface area (Å²) in [4.78, 5) is 28.5. The minimum absolute atomic E-state index is 0.00143. The molecule has 0 unspecified atom stereocenters. The Bertz CT molecular complexity index is 1490. The van der Waals surface area contributed by atoms with Crippen LogP contribution in [0.1, 0.15) is 33.3 Å². The molecule has 42 heavy (non-hydrogen) atoms. The number of sulfonamides is 1. The maximum Gasteiger partial charge on any atom is 0.264 e. The number of hydrogen-bond donors (Lipinski definition) is 1. The fourth-order valence-corrected chi connectivity index (χ4v) is 6.01. The average molecular weight is 699 g/mol. The first kappa shape index (κ1) is 33.7. The summed E-state index contributed by atoms with van der Waals surface area (Å²) in [6.45, 7) is 7.69. The van der Waals surface area contributed by atoms with Crippen LogP contribution in [0.5, 0.6) is 5.75 Å². The number of nitrogens with one attached hydrogen (secondary N) is 1. The number of benzene rings is 3. The minimum atomic E-state index is -4.19. The predicted octanol–water partition coefficient (Wildman–Crippen LogP) is 6.54. The van der Waals surface area contributed by atoms with E-state index in [-0.39, 0.29) is 29.0 Å². The SMILES string of the molecule is CCOc1ccc(N(CC(=O)N(Cc2ccc(Cl)c(Cl)c2)[C@H](C)C(=O)NCC(C)C)S(=O)(=O)c2ccc(Br)cc2)cc1.